The van der Waals surface area contributed by atoms with E-state index in [9.17, 15) is 4.79 Å². The van der Waals surface area contributed by atoms with Crippen LogP contribution in [-0.4, -0.2) is 37.7 Å². The summed E-state index contributed by atoms with van der Waals surface area (Å²) in [5, 5.41) is 0. The van der Waals surface area contributed by atoms with Crippen LogP contribution in [-0.2, 0) is 14.3 Å². The van der Waals surface area contributed by atoms with Gasteiger partial charge in [0.05, 0.1) is 19.8 Å². The molecule has 3 atom stereocenters. The molecule has 1 fully saturated rings. The SMILES string of the molecule is CCC1CC12N=C(c1ccccc1OC)OC2C(=O)OC. The van der Waals surface area contributed by atoms with E-state index >= 15 is 0 Å². The van der Waals surface area contributed by atoms with Crippen molar-refractivity contribution < 1.29 is 19.0 Å². The van der Waals surface area contributed by atoms with E-state index in [1.807, 2.05) is 24.3 Å². The van der Waals surface area contributed by atoms with Crippen molar-refractivity contribution in [1.29, 1.82) is 0 Å². The molecule has 0 radical (unpaired) electrons. The molecule has 3 unspecified atom stereocenters. The van der Waals surface area contributed by atoms with Crippen molar-refractivity contribution in [3.63, 3.8) is 0 Å². The Morgan fingerprint density at radius 2 is 2.19 bits per heavy atom. The highest BCUT2D eigenvalue weighted by Gasteiger charge is 2.66. The third-order valence-electron chi connectivity index (χ3n) is 4.36. The van der Waals surface area contributed by atoms with Crippen molar-refractivity contribution in [3.8, 4) is 5.75 Å². The first-order chi connectivity index (χ1) is 10.2. The fraction of sp³-hybridized carbons (Fsp3) is 0.500. The van der Waals surface area contributed by atoms with Crippen molar-refractivity contribution in [3.05, 3.63) is 29.8 Å². The van der Waals surface area contributed by atoms with Crippen LogP contribution in [0.5, 0.6) is 5.75 Å². The average Bonchev–Trinajstić information content (AvgIpc) is 3.10. The maximum Gasteiger partial charge on any atom is 0.349 e. The van der Waals surface area contributed by atoms with Crippen molar-refractivity contribution in [2.75, 3.05) is 14.2 Å². The van der Waals surface area contributed by atoms with Crippen LogP contribution >= 0.6 is 0 Å². The predicted octanol–water partition coefficient (Wildman–Crippen LogP) is 2.18. The minimum atomic E-state index is -0.646. The molecule has 0 bridgehead atoms. The Labute approximate surface area is 123 Å². The van der Waals surface area contributed by atoms with Gasteiger partial charge in [-0.05, 0) is 24.5 Å². The van der Waals surface area contributed by atoms with Gasteiger partial charge in [0.1, 0.15) is 11.3 Å². The number of aliphatic imine (C=N–C) groups is 1. The summed E-state index contributed by atoms with van der Waals surface area (Å²) in [5.41, 5.74) is 0.324. The van der Waals surface area contributed by atoms with Crippen LogP contribution in [0.2, 0.25) is 0 Å². The molecule has 5 nitrogen and oxygen atoms in total. The number of methoxy groups -OCH3 is 2. The average molecular weight is 289 g/mol. The standard InChI is InChI=1S/C16H19NO4/c1-4-10-9-16(10)13(15(18)20-3)21-14(17-16)11-7-5-6-8-12(11)19-2/h5-8,10,13H,4,9H2,1-3H3. The summed E-state index contributed by atoms with van der Waals surface area (Å²) in [4.78, 5) is 16.7. The van der Waals surface area contributed by atoms with Gasteiger partial charge in [-0.25, -0.2) is 9.79 Å². The molecule has 5 heteroatoms. The second kappa shape index (κ2) is 5.06. The minimum absolute atomic E-state index is 0.361. The van der Waals surface area contributed by atoms with E-state index in [0.717, 1.165) is 18.4 Å². The van der Waals surface area contributed by atoms with Crippen LogP contribution in [0, 0.1) is 5.92 Å². The normalized spacial score (nSPS) is 29.8. The fourth-order valence-corrected chi connectivity index (χ4v) is 3.08. The molecule has 1 aromatic carbocycles. The van der Waals surface area contributed by atoms with Crippen LogP contribution < -0.4 is 4.74 Å². The van der Waals surface area contributed by atoms with Crippen LogP contribution in [0.3, 0.4) is 0 Å². The Balaban J connectivity index is 1.97. The van der Waals surface area contributed by atoms with Crippen LogP contribution in [0.4, 0.5) is 0 Å². The second-order valence-corrected chi connectivity index (χ2v) is 5.44. The van der Waals surface area contributed by atoms with E-state index in [2.05, 4.69) is 6.92 Å². The van der Waals surface area contributed by atoms with Crippen molar-refractivity contribution >= 4 is 11.9 Å². The number of para-hydroxylation sites is 1. The Hall–Kier alpha value is -2.04. The smallest absolute Gasteiger partial charge is 0.349 e. The maximum atomic E-state index is 12.0. The predicted molar refractivity (Wildman–Crippen MR) is 77.5 cm³/mol. The molecule has 21 heavy (non-hydrogen) atoms. The van der Waals surface area contributed by atoms with E-state index in [1.54, 1.807) is 7.11 Å². The minimum Gasteiger partial charge on any atom is -0.496 e. The largest absolute Gasteiger partial charge is 0.496 e. The number of hydrogen-bond acceptors (Lipinski definition) is 5. The second-order valence-electron chi connectivity index (χ2n) is 5.44. The first-order valence-electron chi connectivity index (χ1n) is 7.14. The van der Waals surface area contributed by atoms with Gasteiger partial charge >= 0.3 is 5.97 Å². The van der Waals surface area contributed by atoms with Crippen LogP contribution in [0.25, 0.3) is 0 Å². The molecule has 112 valence electrons. The summed E-state index contributed by atoms with van der Waals surface area (Å²) in [6, 6.07) is 7.52. The van der Waals surface area contributed by atoms with Crippen molar-refractivity contribution in [1.82, 2.24) is 0 Å². The number of rotatable bonds is 4. The molecule has 1 spiro atoms. The Morgan fingerprint density at radius 3 is 2.81 bits per heavy atom. The molecule has 1 heterocycles. The van der Waals surface area contributed by atoms with Gasteiger partial charge in [0.25, 0.3) is 0 Å². The number of ether oxygens (including phenoxy) is 3. The molecule has 1 saturated carbocycles. The van der Waals surface area contributed by atoms with E-state index in [4.69, 9.17) is 19.2 Å². The van der Waals surface area contributed by atoms with Crippen LogP contribution in [0.1, 0.15) is 25.3 Å². The van der Waals surface area contributed by atoms with E-state index in [1.165, 1.54) is 7.11 Å². The lowest BCUT2D eigenvalue weighted by atomic mass is 10.1. The molecule has 3 rings (SSSR count). The molecule has 0 saturated heterocycles. The van der Waals surface area contributed by atoms with Crippen molar-refractivity contribution in [2.24, 2.45) is 10.9 Å². The first-order valence-corrected chi connectivity index (χ1v) is 7.14. The molecule has 1 aliphatic carbocycles. The third-order valence-corrected chi connectivity index (χ3v) is 4.36. The Bertz CT molecular complexity index is 598. The molecule has 2 aliphatic rings. The lowest BCUT2D eigenvalue weighted by Gasteiger charge is -2.15. The number of benzene rings is 1. The topological polar surface area (TPSA) is 57.1 Å². The Morgan fingerprint density at radius 1 is 1.43 bits per heavy atom. The molecule has 0 amide bonds. The highest BCUT2D eigenvalue weighted by Crippen LogP contribution is 2.56. The lowest BCUT2D eigenvalue weighted by Crippen LogP contribution is -2.35. The number of nitrogens with zero attached hydrogens (tertiary/aromatic N) is 1. The highest BCUT2D eigenvalue weighted by molar-refractivity contribution is 6.01. The molecule has 1 aromatic rings. The highest BCUT2D eigenvalue weighted by atomic mass is 16.6. The number of carbonyl (C=O) groups excluding carboxylic acids is 1. The zero-order valence-electron chi connectivity index (χ0n) is 12.5. The van der Waals surface area contributed by atoms with E-state index in [0.29, 0.717) is 17.6 Å². The molecule has 0 N–H and O–H groups in total. The van der Waals surface area contributed by atoms with Crippen molar-refractivity contribution in [2.45, 2.75) is 31.4 Å². The summed E-state index contributed by atoms with van der Waals surface area (Å²) in [6.45, 7) is 2.10. The van der Waals surface area contributed by atoms with Gasteiger partial charge in [-0.15, -0.1) is 0 Å². The quantitative estimate of drug-likeness (QED) is 0.797. The lowest BCUT2D eigenvalue weighted by molar-refractivity contribution is -0.150. The fourth-order valence-electron chi connectivity index (χ4n) is 3.08. The summed E-state index contributed by atoms with van der Waals surface area (Å²) >= 11 is 0. The third kappa shape index (κ3) is 2.07. The number of esters is 1. The summed E-state index contributed by atoms with van der Waals surface area (Å²) in [7, 11) is 2.98. The molecular formula is C16H19NO4. The first kappa shape index (κ1) is 13.9. The summed E-state index contributed by atoms with van der Waals surface area (Å²) in [5.74, 6) is 1.16. The molecule has 1 aliphatic heterocycles. The zero-order chi connectivity index (χ0) is 15.0. The monoisotopic (exact) mass is 289 g/mol. The zero-order valence-corrected chi connectivity index (χ0v) is 12.5. The van der Waals surface area contributed by atoms with Gasteiger partial charge < -0.3 is 14.2 Å². The van der Waals surface area contributed by atoms with Gasteiger partial charge in [-0.3, -0.25) is 0 Å². The van der Waals surface area contributed by atoms with Crippen LogP contribution in [0.15, 0.2) is 29.3 Å². The molecule has 0 aromatic heterocycles. The number of hydrogen-bond donors (Lipinski definition) is 0. The Kier molecular flexibility index (Phi) is 3.35. The van der Waals surface area contributed by atoms with E-state index < -0.39 is 11.6 Å². The summed E-state index contributed by atoms with van der Waals surface area (Å²) < 4.78 is 16.1. The van der Waals surface area contributed by atoms with Gasteiger partial charge in [0.15, 0.2) is 0 Å². The van der Waals surface area contributed by atoms with E-state index in [-0.39, 0.29) is 5.97 Å². The van der Waals surface area contributed by atoms with Gasteiger partial charge in [-0.2, -0.15) is 0 Å². The molecular weight excluding hydrogens is 270 g/mol. The van der Waals surface area contributed by atoms with Gasteiger partial charge in [-0.1, -0.05) is 25.5 Å². The summed E-state index contributed by atoms with van der Waals surface area (Å²) in [6.07, 6.45) is 1.19. The van der Waals surface area contributed by atoms with Gasteiger partial charge in [0, 0.05) is 0 Å². The number of carbonyl (C=O) groups is 1. The maximum absolute atomic E-state index is 12.0. The van der Waals surface area contributed by atoms with Gasteiger partial charge in [0.2, 0.25) is 12.0 Å².